The summed E-state index contributed by atoms with van der Waals surface area (Å²) in [6.07, 6.45) is 3.69. The van der Waals surface area contributed by atoms with Crippen LogP contribution in [0.15, 0.2) is 18.2 Å². The first-order valence-electron chi connectivity index (χ1n) is 10.9. The molecule has 1 aliphatic carbocycles. The average molecular weight is 413 g/mol. The number of rotatable bonds is 6. The molecule has 2 atom stereocenters. The lowest BCUT2D eigenvalue weighted by atomic mass is 9.90. The number of hydrogen-bond acceptors (Lipinski definition) is 6. The molecule has 162 valence electrons. The summed E-state index contributed by atoms with van der Waals surface area (Å²) in [7, 11) is 1.69. The van der Waals surface area contributed by atoms with Gasteiger partial charge in [0.05, 0.1) is 12.5 Å². The van der Waals surface area contributed by atoms with Crippen LogP contribution in [0.1, 0.15) is 63.5 Å². The Morgan fingerprint density at radius 1 is 1.37 bits per heavy atom. The van der Waals surface area contributed by atoms with Crippen LogP contribution in [0, 0.1) is 5.92 Å². The largest absolute Gasteiger partial charge is 0.496 e. The van der Waals surface area contributed by atoms with Crippen LogP contribution in [0.4, 0.5) is 5.95 Å². The highest BCUT2D eigenvalue weighted by Crippen LogP contribution is 2.52. The van der Waals surface area contributed by atoms with Gasteiger partial charge in [-0.2, -0.15) is 5.21 Å². The number of carbonyl (C=O) groups excluding carboxylic acids is 1. The van der Waals surface area contributed by atoms with Gasteiger partial charge in [0.1, 0.15) is 5.75 Å². The number of hydrogen-bond donors (Lipinski definition) is 2. The predicted molar refractivity (Wildman–Crippen MR) is 115 cm³/mol. The first kappa shape index (κ1) is 20.6. The van der Waals surface area contributed by atoms with Crippen molar-refractivity contribution in [2.45, 2.75) is 63.8 Å². The molecule has 1 saturated heterocycles. The van der Waals surface area contributed by atoms with Gasteiger partial charge < -0.3 is 15.0 Å². The lowest BCUT2D eigenvalue weighted by Gasteiger charge is -2.27. The molecule has 1 aromatic heterocycles. The van der Waals surface area contributed by atoms with Crippen molar-refractivity contribution < 1.29 is 9.53 Å². The van der Waals surface area contributed by atoms with Gasteiger partial charge in [-0.15, -0.1) is 5.10 Å². The van der Waals surface area contributed by atoms with E-state index in [1.165, 1.54) is 5.56 Å². The molecule has 1 saturated carbocycles. The van der Waals surface area contributed by atoms with Crippen LogP contribution in [0.2, 0.25) is 0 Å². The number of tetrazole rings is 1. The Bertz CT molecular complexity index is 878. The second-order valence-corrected chi connectivity index (χ2v) is 9.15. The topological polar surface area (TPSA) is 96.0 Å². The molecular weight excluding hydrogens is 380 g/mol. The third kappa shape index (κ3) is 4.00. The van der Waals surface area contributed by atoms with E-state index in [0.29, 0.717) is 24.3 Å². The summed E-state index contributed by atoms with van der Waals surface area (Å²) in [5.74, 6) is 2.44. The number of methoxy groups -OCH3 is 1. The highest BCUT2D eigenvalue weighted by molar-refractivity contribution is 5.92. The summed E-state index contributed by atoms with van der Waals surface area (Å²) in [5, 5.41) is 17.8. The zero-order valence-electron chi connectivity index (χ0n) is 18.3. The Morgan fingerprint density at radius 3 is 2.80 bits per heavy atom. The van der Waals surface area contributed by atoms with Gasteiger partial charge in [0, 0.05) is 24.7 Å². The van der Waals surface area contributed by atoms with E-state index in [1.54, 1.807) is 7.11 Å². The number of anilines is 1. The molecule has 1 amide bonds. The molecule has 8 heteroatoms. The number of benzene rings is 1. The van der Waals surface area contributed by atoms with Crippen molar-refractivity contribution in [3.05, 3.63) is 29.3 Å². The molecule has 4 rings (SSSR count). The molecule has 2 aromatic rings. The molecule has 2 heterocycles. The van der Waals surface area contributed by atoms with Crippen LogP contribution in [-0.2, 0) is 10.2 Å². The highest BCUT2D eigenvalue weighted by atomic mass is 16.5. The lowest BCUT2D eigenvalue weighted by Crippen LogP contribution is -2.47. The van der Waals surface area contributed by atoms with E-state index in [4.69, 9.17) is 4.74 Å². The summed E-state index contributed by atoms with van der Waals surface area (Å²) in [6.45, 7) is 8.12. The number of aromatic nitrogens is 4. The van der Waals surface area contributed by atoms with Gasteiger partial charge in [-0.25, -0.2) is 0 Å². The summed E-state index contributed by atoms with van der Waals surface area (Å²) in [6, 6.07) is 6.34. The van der Waals surface area contributed by atoms with Crippen LogP contribution in [0.5, 0.6) is 5.75 Å². The quantitative estimate of drug-likeness (QED) is 0.757. The standard InChI is InChI=1S/C22H32N6O2/c1-14(2)16-5-6-18(19(12-16)30-4)22(8-9-22)20(29)23-17-11-15(3)7-10-28(13-17)21-24-26-27-25-21/h5-6,12,14-15,17H,7-11,13H2,1-4H3,(H,23,29)(H,24,25,26,27). The Hall–Kier alpha value is -2.64. The molecule has 2 unspecified atom stereocenters. The zero-order chi connectivity index (χ0) is 21.3. The van der Waals surface area contributed by atoms with Crippen molar-refractivity contribution in [1.82, 2.24) is 25.9 Å². The van der Waals surface area contributed by atoms with E-state index in [9.17, 15) is 4.79 Å². The van der Waals surface area contributed by atoms with Crippen molar-refractivity contribution in [3.8, 4) is 5.75 Å². The number of nitrogens with zero attached hydrogens (tertiary/aromatic N) is 4. The van der Waals surface area contributed by atoms with Gasteiger partial charge in [0.25, 0.3) is 5.95 Å². The van der Waals surface area contributed by atoms with Crippen molar-refractivity contribution in [2.24, 2.45) is 5.92 Å². The fourth-order valence-corrected chi connectivity index (χ4v) is 4.52. The number of aromatic amines is 1. The van der Waals surface area contributed by atoms with Gasteiger partial charge in [0.2, 0.25) is 5.91 Å². The molecule has 1 aromatic carbocycles. The second-order valence-electron chi connectivity index (χ2n) is 9.15. The molecule has 2 aliphatic rings. The third-order valence-corrected chi connectivity index (χ3v) is 6.56. The van der Waals surface area contributed by atoms with E-state index < -0.39 is 5.41 Å². The first-order chi connectivity index (χ1) is 14.4. The van der Waals surface area contributed by atoms with Crippen molar-refractivity contribution >= 4 is 11.9 Å². The lowest BCUT2D eigenvalue weighted by molar-refractivity contribution is -0.124. The van der Waals surface area contributed by atoms with Crippen molar-refractivity contribution in [3.63, 3.8) is 0 Å². The minimum absolute atomic E-state index is 0.0481. The monoisotopic (exact) mass is 412 g/mol. The van der Waals surface area contributed by atoms with Gasteiger partial charge in [0.15, 0.2) is 0 Å². The maximum atomic E-state index is 13.5. The molecular formula is C22H32N6O2. The van der Waals surface area contributed by atoms with Gasteiger partial charge in [-0.3, -0.25) is 4.79 Å². The smallest absolute Gasteiger partial charge is 0.265 e. The molecule has 2 fully saturated rings. The summed E-state index contributed by atoms with van der Waals surface area (Å²) in [5.41, 5.74) is 1.75. The van der Waals surface area contributed by atoms with Crippen LogP contribution in [-0.4, -0.2) is 52.8 Å². The molecule has 8 nitrogen and oxygen atoms in total. The highest BCUT2D eigenvalue weighted by Gasteiger charge is 2.53. The van der Waals surface area contributed by atoms with E-state index in [1.807, 2.05) is 0 Å². The number of H-pyrrole nitrogens is 1. The number of ether oxygens (including phenoxy) is 1. The fourth-order valence-electron chi connectivity index (χ4n) is 4.52. The van der Waals surface area contributed by atoms with E-state index in [-0.39, 0.29) is 11.9 Å². The average Bonchev–Trinajstić information content (AvgIpc) is 3.41. The number of nitrogens with one attached hydrogen (secondary N) is 2. The van der Waals surface area contributed by atoms with E-state index in [2.05, 4.69) is 69.8 Å². The van der Waals surface area contributed by atoms with Gasteiger partial charge in [-0.05, 0) is 54.4 Å². The Labute approximate surface area is 177 Å². The van der Waals surface area contributed by atoms with Gasteiger partial charge >= 0.3 is 0 Å². The van der Waals surface area contributed by atoms with Crippen molar-refractivity contribution in [1.29, 1.82) is 0 Å². The normalized spacial score (nSPS) is 23.2. The van der Waals surface area contributed by atoms with E-state index >= 15 is 0 Å². The zero-order valence-corrected chi connectivity index (χ0v) is 18.3. The fraction of sp³-hybridized carbons (Fsp3) is 0.636. The molecule has 0 bridgehead atoms. The molecule has 1 aliphatic heterocycles. The number of amides is 1. The minimum atomic E-state index is -0.479. The Morgan fingerprint density at radius 2 is 2.17 bits per heavy atom. The van der Waals surface area contributed by atoms with Crippen LogP contribution in [0.25, 0.3) is 0 Å². The Balaban J connectivity index is 1.52. The van der Waals surface area contributed by atoms with Gasteiger partial charge in [-0.1, -0.05) is 38.0 Å². The number of carbonyl (C=O) groups is 1. The van der Waals surface area contributed by atoms with Crippen LogP contribution in [0.3, 0.4) is 0 Å². The first-order valence-corrected chi connectivity index (χ1v) is 10.9. The van der Waals surface area contributed by atoms with E-state index in [0.717, 1.165) is 43.5 Å². The maximum absolute atomic E-state index is 13.5. The maximum Gasteiger partial charge on any atom is 0.265 e. The van der Waals surface area contributed by atoms with Crippen LogP contribution >= 0.6 is 0 Å². The summed E-state index contributed by atoms with van der Waals surface area (Å²) >= 11 is 0. The summed E-state index contributed by atoms with van der Waals surface area (Å²) in [4.78, 5) is 15.6. The second kappa shape index (κ2) is 8.24. The molecule has 0 spiro atoms. The molecule has 30 heavy (non-hydrogen) atoms. The Kier molecular flexibility index (Phi) is 5.66. The predicted octanol–water partition coefficient (Wildman–Crippen LogP) is 2.78. The minimum Gasteiger partial charge on any atom is -0.496 e. The summed E-state index contributed by atoms with van der Waals surface area (Å²) < 4.78 is 5.69. The third-order valence-electron chi connectivity index (χ3n) is 6.56. The molecule has 0 radical (unpaired) electrons. The van der Waals surface area contributed by atoms with Crippen molar-refractivity contribution in [2.75, 3.05) is 25.1 Å². The SMILES string of the molecule is COc1cc(C(C)C)ccc1C1(C(=O)NC2CC(C)CCN(c3nn[nH]n3)C2)CC1. The molecule has 2 N–H and O–H groups in total. The van der Waals surface area contributed by atoms with Crippen LogP contribution < -0.4 is 15.0 Å².